The Labute approximate surface area is 119 Å². The number of nitrogens with one attached hydrogen (secondary N) is 1. The molecule has 0 bridgehead atoms. The monoisotopic (exact) mass is 290 g/mol. The van der Waals surface area contributed by atoms with E-state index in [4.69, 9.17) is 0 Å². The Morgan fingerprint density at radius 1 is 1.16 bits per heavy atom. The van der Waals surface area contributed by atoms with Gasteiger partial charge in [0.2, 0.25) is 10.0 Å². The Morgan fingerprint density at radius 2 is 1.74 bits per heavy atom. The van der Waals surface area contributed by atoms with E-state index in [9.17, 15) is 8.42 Å². The van der Waals surface area contributed by atoms with Crippen LogP contribution in [0.4, 0.5) is 0 Å². The van der Waals surface area contributed by atoms with Crippen LogP contribution in [-0.4, -0.2) is 43.1 Å². The smallest absolute Gasteiger partial charge is 0.218 e. The SMILES string of the molecule is CC(C)CCN(C1CC1)S(=O)(=O)C(C)CNC(C)C. The van der Waals surface area contributed by atoms with Crippen molar-refractivity contribution in [2.45, 2.75) is 71.2 Å². The molecule has 0 spiro atoms. The van der Waals surface area contributed by atoms with Gasteiger partial charge in [-0.25, -0.2) is 8.42 Å². The topological polar surface area (TPSA) is 49.4 Å². The first-order valence-corrected chi connectivity index (χ1v) is 8.99. The Bertz CT molecular complexity index is 362. The van der Waals surface area contributed by atoms with Crippen molar-refractivity contribution >= 4 is 10.0 Å². The minimum absolute atomic E-state index is 0.269. The van der Waals surface area contributed by atoms with Crippen LogP contribution >= 0.6 is 0 Å². The Morgan fingerprint density at radius 3 is 2.16 bits per heavy atom. The van der Waals surface area contributed by atoms with Crippen LogP contribution in [0.2, 0.25) is 0 Å². The van der Waals surface area contributed by atoms with Crippen LogP contribution in [0, 0.1) is 5.92 Å². The third-order valence-corrected chi connectivity index (χ3v) is 5.85. The van der Waals surface area contributed by atoms with Crippen LogP contribution in [-0.2, 0) is 10.0 Å². The van der Waals surface area contributed by atoms with Gasteiger partial charge in [0.15, 0.2) is 0 Å². The molecule has 0 aromatic rings. The van der Waals surface area contributed by atoms with Gasteiger partial charge in [-0.2, -0.15) is 4.31 Å². The molecule has 1 N–H and O–H groups in total. The second-order valence-electron chi connectivity index (χ2n) is 6.44. The molecule has 5 heteroatoms. The van der Waals surface area contributed by atoms with E-state index in [0.717, 1.165) is 19.3 Å². The van der Waals surface area contributed by atoms with E-state index in [-0.39, 0.29) is 11.3 Å². The Balaban J connectivity index is 2.64. The van der Waals surface area contributed by atoms with Crippen LogP contribution in [0.5, 0.6) is 0 Å². The first-order chi connectivity index (χ1) is 8.75. The van der Waals surface area contributed by atoms with Gasteiger partial charge >= 0.3 is 0 Å². The van der Waals surface area contributed by atoms with Crippen molar-refractivity contribution in [2.75, 3.05) is 13.1 Å². The third-order valence-electron chi connectivity index (χ3n) is 3.53. The number of hydrogen-bond acceptors (Lipinski definition) is 3. The van der Waals surface area contributed by atoms with Gasteiger partial charge in [0.05, 0.1) is 5.25 Å². The van der Waals surface area contributed by atoms with Gasteiger partial charge in [-0.1, -0.05) is 27.7 Å². The molecule has 1 aliphatic rings. The van der Waals surface area contributed by atoms with E-state index < -0.39 is 10.0 Å². The lowest BCUT2D eigenvalue weighted by molar-refractivity contribution is 0.367. The van der Waals surface area contributed by atoms with Gasteiger partial charge < -0.3 is 5.32 Å². The van der Waals surface area contributed by atoms with Crippen molar-refractivity contribution < 1.29 is 8.42 Å². The van der Waals surface area contributed by atoms with Crippen LogP contribution in [0.15, 0.2) is 0 Å². The molecular weight excluding hydrogens is 260 g/mol. The summed E-state index contributed by atoms with van der Waals surface area (Å²) in [5.74, 6) is 0.542. The summed E-state index contributed by atoms with van der Waals surface area (Å²) in [4.78, 5) is 0. The summed E-state index contributed by atoms with van der Waals surface area (Å²) in [6, 6.07) is 0.591. The van der Waals surface area contributed by atoms with E-state index in [1.165, 1.54) is 0 Å². The molecule has 1 rings (SSSR count). The molecule has 1 atom stereocenters. The Kier molecular flexibility index (Phi) is 6.27. The molecule has 0 aromatic heterocycles. The Hall–Kier alpha value is -0.130. The fraction of sp³-hybridized carbons (Fsp3) is 1.00. The second kappa shape index (κ2) is 7.04. The number of hydrogen-bond donors (Lipinski definition) is 1. The number of rotatable bonds is 9. The molecule has 1 fully saturated rings. The van der Waals surface area contributed by atoms with Gasteiger partial charge in [-0.3, -0.25) is 0 Å². The van der Waals surface area contributed by atoms with E-state index in [1.54, 1.807) is 4.31 Å². The molecule has 0 amide bonds. The molecule has 19 heavy (non-hydrogen) atoms. The standard InChI is InChI=1S/C14H30N2O2S/c1-11(2)8-9-16(14-6-7-14)19(17,18)13(5)10-15-12(3)4/h11-15H,6-10H2,1-5H3. The molecular formula is C14H30N2O2S. The van der Waals surface area contributed by atoms with Crippen molar-refractivity contribution in [3.8, 4) is 0 Å². The summed E-state index contributed by atoms with van der Waals surface area (Å²) < 4.78 is 27.0. The minimum Gasteiger partial charge on any atom is -0.313 e. The maximum absolute atomic E-state index is 12.6. The predicted molar refractivity (Wildman–Crippen MR) is 80.7 cm³/mol. The molecule has 1 saturated carbocycles. The van der Waals surface area contributed by atoms with Crippen molar-refractivity contribution in [1.82, 2.24) is 9.62 Å². The summed E-state index contributed by atoms with van der Waals surface area (Å²) in [6.07, 6.45) is 3.00. The molecule has 4 nitrogen and oxygen atoms in total. The first-order valence-electron chi connectivity index (χ1n) is 7.49. The lowest BCUT2D eigenvalue weighted by Crippen LogP contribution is -2.44. The van der Waals surface area contributed by atoms with Crippen molar-refractivity contribution in [3.05, 3.63) is 0 Å². The molecule has 1 aliphatic carbocycles. The summed E-state index contributed by atoms with van der Waals surface area (Å²) in [7, 11) is -3.16. The summed E-state index contributed by atoms with van der Waals surface area (Å²) in [5, 5.41) is 2.88. The lowest BCUT2D eigenvalue weighted by atomic mass is 10.1. The zero-order valence-electron chi connectivity index (χ0n) is 13.0. The maximum Gasteiger partial charge on any atom is 0.218 e. The molecule has 0 heterocycles. The fourth-order valence-electron chi connectivity index (χ4n) is 2.00. The highest BCUT2D eigenvalue weighted by Crippen LogP contribution is 2.31. The van der Waals surface area contributed by atoms with E-state index in [2.05, 4.69) is 19.2 Å². The molecule has 0 aromatic carbocycles. The molecule has 0 radical (unpaired) electrons. The quantitative estimate of drug-likeness (QED) is 0.708. The minimum atomic E-state index is -3.16. The van der Waals surface area contributed by atoms with Gasteiger partial charge in [0, 0.05) is 25.2 Å². The predicted octanol–water partition coefficient (Wildman–Crippen LogP) is 2.21. The molecule has 0 saturated heterocycles. The zero-order chi connectivity index (χ0) is 14.6. The fourth-order valence-corrected chi connectivity index (χ4v) is 3.76. The van der Waals surface area contributed by atoms with Crippen LogP contribution in [0.1, 0.15) is 53.9 Å². The van der Waals surface area contributed by atoms with Crippen molar-refractivity contribution in [3.63, 3.8) is 0 Å². The van der Waals surface area contributed by atoms with Gasteiger partial charge in [0.1, 0.15) is 0 Å². The van der Waals surface area contributed by atoms with Crippen molar-refractivity contribution in [2.24, 2.45) is 5.92 Å². The molecule has 114 valence electrons. The zero-order valence-corrected chi connectivity index (χ0v) is 13.8. The summed E-state index contributed by atoms with van der Waals surface area (Å²) in [6.45, 7) is 11.4. The average molecular weight is 290 g/mol. The molecule has 1 unspecified atom stereocenters. The highest BCUT2D eigenvalue weighted by molar-refractivity contribution is 7.89. The largest absolute Gasteiger partial charge is 0.313 e. The molecule has 0 aliphatic heterocycles. The van der Waals surface area contributed by atoms with Crippen LogP contribution in [0.25, 0.3) is 0 Å². The van der Waals surface area contributed by atoms with E-state index in [1.807, 2.05) is 20.8 Å². The van der Waals surface area contributed by atoms with Crippen LogP contribution in [0.3, 0.4) is 0 Å². The van der Waals surface area contributed by atoms with E-state index >= 15 is 0 Å². The number of sulfonamides is 1. The van der Waals surface area contributed by atoms with E-state index in [0.29, 0.717) is 25.0 Å². The van der Waals surface area contributed by atoms with Gasteiger partial charge in [-0.05, 0) is 32.1 Å². The van der Waals surface area contributed by atoms with Crippen LogP contribution < -0.4 is 5.32 Å². The second-order valence-corrected chi connectivity index (χ2v) is 8.75. The maximum atomic E-state index is 12.6. The average Bonchev–Trinajstić information content (AvgIpc) is 3.09. The van der Waals surface area contributed by atoms with Gasteiger partial charge in [0.25, 0.3) is 0 Å². The third kappa shape index (κ3) is 5.40. The number of nitrogens with zero attached hydrogens (tertiary/aromatic N) is 1. The highest BCUT2D eigenvalue weighted by atomic mass is 32.2. The normalized spacial score (nSPS) is 18.5. The summed E-state index contributed by atoms with van der Waals surface area (Å²) >= 11 is 0. The van der Waals surface area contributed by atoms with Gasteiger partial charge in [-0.15, -0.1) is 0 Å². The highest BCUT2D eigenvalue weighted by Gasteiger charge is 2.39. The summed E-state index contributed by atoms with van der Waals surface area (Å²) in [5.41, 5.74) is 0. The first kappa shape index (κ1) is 16.9. The van der Waals surface area contributed by atoms with Crippen molar-refractivity contribution in [1.29, 1.82) is 0 Å². The lowest BCUT2D eigenvalue weighted by Gasteiger charge is -2.27.